The number of thiol groups is 1. The van der Waals surface area contributed by atoms with Gasteiger partial charge in [-0.2, -0.15) is 0 Å². The van der Waals surface area contributed by atoms with Gasteiger partial charge in [0.1, 0.15) is 0 Å². The number of aryl methyl sites for hydroxylation is 1. The maximum Gasteiger partial charge on any atom is 0.0416 e. The van der Waals surface area contributed by atoms with E-state index in [2.05, 4.69) is 55.6 Å². The highest BCUT2D eigenvalue weighted by Gasteiger charge is 2.05. The minimum Gasteiger partial charge on any atom is -0.259 e. The molecule has 0 spiro atoms. The maximum absolute atomic E-state index is 4.09. The topological polar surface area (TPSA) is 12.0 Å². The molecule has 66 valence electrons. The normalized spacial score (nSPS) is 12.9. The number of hydrogen-bond donors (Lipinski definition) is 2. The highest BCUT2D eigenvalue weighted by atomic mass is 32.1. The van der Waals surface area contributed by atoms with Crippen LogP contribution in [0.3, 0.4) is 0 Å². The molecule has 0 aromatic heterocycles. The lowest BCUT2D eigenvalue weighted by atomic mass is 10.0. The second-order valence-electron chi connectivity index (χ2n) is 3.00. The molecule has 0 saturated carbocycles. The van der Waals surface area contributed by atoms with Crippen LogP contribution in [-0.4, -0.2) is 0 Å². The van der Waals surface area contributed by atoms with Crippen LogP contribution in [0.5, 0.6) is 0 Å². The van der Waals surface area contributed by atoms with Gasteiger partial charge in [0.25, 0.3) is 0 Å². The van der Waals surface area contributed by atoms with Gasteiger partial charge in [0, 0.05) is 6.04 Å². The predicted molar refractivity (Wildman–Crippen MR) is 56.3 cm³/mol. The van der Waals surface area contributed by atoms with Crippen molar-refractivity contribution in [3.05, 3.63) is 35.4 Å². The lowest BCUT2D eigenvalue weighted by Crippen LogP contribution is -2.09. The van der Waals surface area contributed by atoms with Gasteiger partial charge in [-0.25, -0.2) is 0 Å². The standard InChI is InChI=1S/C10H15NS/c1-3-10(11-12)9-6-4-5-8(2)7-9/h4-7,10-12H,3H2,1-2H3. The van der Waals surface area contributed by atoms with Crippen LogP contribution in [-0.2, 0) is 0 Å². The van der Waals surface area contributed by atoms with E-state index in [4.69, 9.17) is 0 Å². The van der Waals surface area contributed by atoms with Crippen molar-refractivity contribution in [2.45, 2.75) is 26.3 Å². The number of hydrogen-bond acceptors (Lipinski definition) is 2. The number of rotatable bonds is 3. The summed E-state index contributed by atoms with van der Waals surface area (Å²) in [6.45, 7) is 4.25. The third-order valence-electron chi connectivity index (χ3n) is 2.01. The van der Waals surface area contributed by atoms with Crippen LogP contribution in [0.2, 0.25) is 0 Å². The summed E-state index contributed by atoms with van der Waals surface area (Å²) in [4.78, 5) is 0. The fraction of sp³-hybridized carbons (Fsp3) is 0.400. The summed E-state index contributed by atoms with van der Waals surface area (Å²) in [7, 11) is 0. The van der Waals surface area contributed by atoms with Crippen LogP contribution >= 0.6 is 12.8 Å². The van der Waals surface area contributed by atoms with Crippen molar-refractivity contribution in [2.24, 2.45) is 0 Å². The quantitative estimate of drug-likeness (QED) is 0.683. The Hall–Kier alpha value is -0.470. The number of nitrogens with one attached hydrogen (secondary N) is 1. The average molecular weight is 181 g/mol. The first-order valence-corrected chi connectivity index (χ1v) is 4.68. The second-order valence-corrected chi connectivity index (χ2v) is 3.26. The zero-order chi connectivity index (χ0) is 8.97. The van der Waals surface area contributed by atoms with Crippen LogP contribution < -0.4 is 4.72 Å². The number of benzene rings is 1. The molecule has 0 aliphatic rings. The first-order chi connectivity index (χ1) is 5.77. The van der Waals surface area contributed by atoms with E-state index in [0.717, 1.165) is 6.42 Å². The van der Waals surface area contributed by atoms with Crippen molar-refractivity contribution in [3.63, 3.8) is 0 Å². The summed E-state index contributed by atoms with van der Waals surface area (Å²) < 4.78 is 2.99. The first kappa shape index (κ1) is 9.62. The second kappa shape index (κ2) is 4.53. The SMILES string of the molecule is CCC(NS)c1cccc(C)c1. The Morgan fingerprint density at radius 3 is 2.75 bits per heavy atom. The maximum atomic E-state index is 4.09. The van der Waals surface area contributed by atoms with Gasteiger partial charge in [0.15, 0.2) is 0 Å². The summed E-state index contributed by atoms with van der Waals surface area (Å²) in [5.74, 6) is 0. The third kappa shape index (κ3) is 2.26. The van der Waals surface area contributed by atoms with Crippen molar-refractivity contribution < 1.29 is 0 Å². The Kier molecular flexibility index (Phi) is 3.63. The first-order valence-electron chi connectivity index (χ1n) is 4.24. The van der Waals surface area contributed by atoms with Gasteiger partial charge >= 0.3 is 0 Å². The summed E-state index contributed by atoms with van der Waals surface area (Å²) >= 11 is 4.09. The zero-order valence-electron chi connectivity index (χ0n) is 7.54. The lowest BCUT2D eigenvalue weighted by molar-refractivity contribution is 0.655. The van der Waals surface area contributed by atoms with Crippen molar-refractivity contribution >= 4 is 12.8 Å². The fourth-order valence-corrected chi connectivity index (χ4v) is 1.62. The smallest absolute Gasteiger partial charge is 0.0416 e. The molecule has 12 heavy (non-hydrogen) atoms. The van der Waals surface area contributed by atoms with E-state index >= 15 is 0 Å². The Labute approximate surface area is 79.7 Å². The van der Waals surface area contributed by atoms with E-state index in [1.807, 2.05) is 0 Å². The van der Waals surface area contributed by atoms with Gasteiger partial charge < -0.3 is 0 Å². The summed E-state index contributed by atoms with van der Waals surface area (Å²) in [5, 5.41) is 0. The van der Waals surface area contributed by atoms with Crippen molar-refractivity contribution in [3.8, 4) is 0 Å². The van der Waals surface area contributed by atoms with Crippen LogP contribution in [0.4, 0.5) is 0 Å². The summed E-state index contributed by atoms with van der Waals surface area (Å²) in [6, 6.07) is 8.88. The van der Waals surface area contributed by atoms with Crippen molar-refractivity contribution in [1.29, 1.82) is 0 Å². The Bertz CT molecular complexity index is 243. The minimum atomic E-state index is 0.369. The Morgan fingerprint density at radius 2 is 2.25 bits per heavy atom. The summed E-state index contributed by atoms with van der Waals surface area (Å²) in [5.41, 5.74) is 2.61. The largest absolute Gasteiger partial charge is 0.259 e. The van der Waals surface area contributed by atoms with Crippen LogP contribution in [0, 0.1) is 6.92 Å². The Balaban J connectivity index is 2.85. The molecule has 1 atom stereocenters. The predicted octanol–water partition coefficient (Wildman–Crippen LogP) is 2.88. The summed E-state index contributed by atoms with van der Waals surface area (Å²) in [6.07, 6.45) is 1.06. The van der Waals surface area contributed by atoms with E-state index in [9.17, 15) is 0 Å². The highest BCUT2D eigenvalue weighted by molar-refractivity contribution is 7.78. The molecule has 0 fully saturated rings. The van der Waals surface area contributed by atoms with E-state index in [1.165, 1.54) is 11.1 Å². The van der Waals surface area contributed by atoms with Crippen LogP contribution in [0.25, 0.3) is 0 Å². The van der Waals surface area contributed by atoms with E-state index < -0.39 is 0 Å². The molecule has 0 amide bonds. The van der Waals surface area contributed by atoms with E-state index in [-0.39, 0.29) is 0 Å². The van der Waals surface area contributed by atoms with E-state index in [1.54, 1.807) is 0 Å². The molecule has 1 rings (SSSR count). The Morgan fingerprint density at radius 1 is 1.50 bits per heavy atom. The minimum absolute atomic E-state index is 0.369. The molecule has 1 N–H and O–H groups in total. The van der Waals surface area contributed by atoms with Gasteiger partial charge in [-0.1, -0.05) is 49.6 Å². The van der Waals surface area contributed by atoms with Crippen LogP contribution in [0.1, 0.15) is 30.5 Å². The molecule has 1 aromatic rings. The molecule has 0 radical (unpaired) electrons. The third-order valence-corrected chi connectivity index (χ3v) is 2.32. The van der Waals surface area contributed by atoms with Gasteiger partial charge in [-0.05, 0) is 18.9 Å². The van der Waals surface area contributed by atoms with Gasteiger partial charge in [-0.15, -0.1) is 0 Å². The van der Waals surface area contributed by atoms with E-state index in [0.29, 0.717) is 6.04 Å². The molecule has 0 aliphatic carbocycles. The van der Waals surface area contributed by atoms with Crippen molar-refractivity contribution in [1.82, 2.24) is 4.72 Å². The van der Waals surface area contributed by atoms with Crippen molar-refractivity contribution in [2.75, 3.05) is 0 Å². The molecule has 0 saturated heterocycles. The van der Waals surface area contributed by atoms with Gasteiger partial charge in [0.05, 0.1) is 0 Å². The monoisotopic (exact) mass is 181 g/mol. The molecular weight excluding hydrogens is 166 g/mol. The molecule has 0 bridgehead atoms. The molecule has 1 aromatic carbocycles. The zero-order valence-corrected chi connectivity index (χ0v) is 8.44. The average Bonchev–Trinajstić information content (AvgIpc) is 2.07. The van der Waals surface area contributed by atoms with Gasteiger partial charge in [-0.3, -0.25) is 4.72 Å². The molecule has 0 aliphatic heterocycles. The molecule has 1 unspecified atom stereocenters. The molecule has 0 heterocycles. The van der Waals surface area contributed by atoms with Gasteiger partial charge in [0.2, 0.25) is 0 Å². The fourth-order valence-electron chi connectivity index (χ4n) is 1.29. The molecular formula is C10H15NS. The van der Waals surface area contributed by atoms with Crippen LogP contribution in [0.15, 0.2) is 24.3 Å². The lowest BCUT2D eigenvalue weighted by Gasteiger charge is -2.13. The molecule has 2 heteroatoms. The molecule has 1 nitrogen and oxygen atoms in total. The highest BCUT2D eigenvalue weighted by Crippen LogP contribution is 2.17.